The first-order chi connectivity index (χ1) is 9.09. The highest BCUT2D eigenvalue weighted by Gasteiger charge is 2.45. The first kappa shape index (κ1) is 15.9. The molecule has 1 rings (SSSR count). The number of carboxylic acids is 1. The van der Waals surface area contributed by atoms with Gasteiger partial charge in [0, 0.05) is 19.4 Å². The van der Waals surface area contributed by atoms with Crippen LogP contribution in [0.3, 0.4) is 0 Å². The van der Waals surface area contributed by atoms with Crippen LogP contribution in [0.15, 0.2) is 18.6 Å². The standard InChI is InChI=1S/C13H19N3O4/c1-12(2,3)20-11(19)16(5)13(4,10(17)18)9-8-14-6-7-15-9/h6-8H,1-5H3,(H,17,18). The van der Waals surface area contributed by atoms with Crippen LogP contribution in [0, 0.1) is 0 Å². The molecule has 1 unspecified atom stereocenters. The van der Waals surface area contributed by atoms with E-state index in [0.29, 0.717) is 0 Å². The minimum absolute atomic E-state index is 0.154. The third kappa shape index (κ3) is 3.23. The third-order valence-corrected chi connectivity index (χ3v) is 2.82. The number of hydrogen-bond acceptors (Lipinski definition) is 5. The Morgan fingerprint density at radius 1 is 1.25 bits per heavy atom. The van der Waals surface area contributed by atoms with E-state index in [1.807, 2.05) is 0 Å². The lowest BCUT2D eigenvalue weighted by Gasteiger charge is -2.35. The predicted octanol–water partition coefficient (Wildman–Crippen LogP) is 1.64. The van der Waals surface area contributed by atoms with Crippen LogP contribution in [0.4, 0.5) is 4.79 Å². The summed E-state index contributed by atoms with van der Waals surface area (Å²) < 4.78 is 5.19. The molecule has 0 spiro atoms. The van der Waals surface area contributed by atoms with E-state index in [1.165, 1.54) is 32.6 Å². The fraction of sp³-hybridized carbons (Fsp3) is 0.538. The monoisotopic (exact) mass is 281 g/mol. The molecule has 0 saturated heterocycles. The van der Waals surface area contributed by atoms with Crippen LogP contribution in [0.1, 0.15) is 33.4 Å². The van der Waals surface area contributed by atoms with Crippen molar-refractivity contribution in [2.24, 2.45) is 0 Å². The molecule has 0 aromatic carbocycles. The number of hydrogen-bond donors (Lipinski definition) is 1. The molecule has 1 heterocycles. The average molecular weight is 281 g/mol. The van der Waals surface area contributed by atoms with Gasteiger partial charge in [-0.05, 0) is 27.7 Å². The second-order valence-electron chi connectivity index (χ2n) is 5.51. The molecule has 20 heavy (non-hydrogen) atoms. The van der Waals surface area contributed by atoms with E-state index in [9.17, 15) is 14.7 Å². The summed E-state index contributed by atoms with van der Waals surface area (Å²) in [6, 6.07) is 0. The summed E-state index contributed by atoms with van der Waals surface area (Å²) >= 11 is 0. The highest BCUT2D eigenvalue weighted by Crippen LogP contribution is 2.27. The van der Waals surface area contributed by atoms with Gasteiger partial charge in [-0.1, -0.05) is 0 Å². The molecule has 1 atom stereocenters. The van der Waals surface area contributed by atoms with Crippen molar-refractivity contribution >= 4 is 12.1 Å². The van der Waals surface area contributed by atoms with Gasteiger partial charge >= 0.3 is 12.1 Å². The molecular formula is C13H19N3O4. The highest BCUT2D eigenvalue weighted by molar-refractivity contribution is 5.84. The van der Waals surface area contributed by atoms with Gasteiger partial charge in [0.1, 0.15) is 5.60 Å². The maximum Gasteiger partial charge on any atom is 0.411 e. The van der Waals surface area contributed by atoms with Crippen LogP contribution in [0.5, 0.6) is 0 Å². The van der Waals surface area contributed by atoms with Gasteiger partial charge in [-0.15, -0.1) is 0 Å². The lowest BCUT2D eigenvalue weighted by Crippen LogP contribution is -2.52. The number of carbonyl (C=O) groups excluding carboxylic acids is 1. The van der Waals surface area contributed by atoms with Crippen LogP contribution >= 0.6 is 0 Å². The summed E-state index contributed by atoms with van der Waals surface area (Å²) in [6.45, 7) is 6.50. The lowest BCUT2D eigenvalue weighted by atomic mass is 9.97. The first-order valence-electron chi connectivity index (χ1n) is 6.05. The summed E-state index contributed by atoms with van der Waals surface area (Å²) in [5, 5.41) is 9.49. The molecule has 1 N–H and O–H groups in total. The average Bonchev–Trinajstić information content (AvgIpc) is 2.35. The fourth-order valence-electron chi connectivity index (χ4n) is 1.49. The van der Waals surface area contributed by atoms with Crippen molar-refractivity contribution in [1.82, 2.24) is 14.9 Å². The molecule has 1 aromatic heterocycles. The van der Waals surface area contributed by atoms with Crippen molar-refractivity contribution in [2.75, 3.05) is 7.05 Å². The molecule has 0 saturated carbocycles. The minimum atomic E-state index is -1.66. The Balaban J connectivity index is 3.15. The Hall–Kier alpha value is -2.18. The van der Waals surface area contributed by atoms with Gasteiger partial charge in [0.15, 0.2) is 5.54 Å². The third-order valence-electron chi connectivity index (χ3n) is 2.82. The summed E-state index contributed by atoms with van der Waals surface area (Å²) in [5.74, 6) is -1.22. The van der Waals surface area contributed by atoms with Gasteiger partial charge in [-0.2, -0.15) is 0 Å². The number of nitrogens with zero attached hydrogens (tertiary/aromatic N) is 3. The minimum Gasteiger partial charge on any atom is -0.479 e. The number of carboxylic acid groups (broad SMARTS) is 1. The molecule has 0 radical (unpaired) electrons. The van der Waals surface area contributed by atoms with Crippen molar-refractivity contribution < 1.29 is 19.4 Å². The maximum absolute atomic E-state index is 12.1. The highest BCUT2D eigenvalue weighted by atomic mass is 16.6. The Labute approximate surface area is 117 Å². The molecule has 1 aromatic rings. The van der Waals surface area contributed by atoms with Gasteiger partial charge in [0.25, 0.3) is 0 Å². The number of carbonyl (C=O) groups is 2. The molecule has 7 nitrogen and oxygen atoms in total. The number of likely N-dealkylation sites (N-methyl/N-ethyl adjacent to an activating group) is 1. The maximum atomic E-state index is 12.1. The molecule has 0 aliphatic rings. The molecule has 1 amide bonds. The van der Waals surface area contributed by atoms with Gasteiger partial charge in [-0.3, -0.25) is 14.9 Å². The quantitative estimate of drug-likeness (QED) is 0.905. The van der Waals surface area contributed by atoms with Gasteiger partial charge in [0.05, 0.1) is 11.9 Å². The normalized spacial score (nSPS) is 14.2. The molecule has 0 bridgehead atoms. The van der Waals surface area contributed by atoms with Crippen molar-refractivity contribution in [2.45, 2.75) is 38.8 Å². The van der Waals surface area contributed by atoms with E-state index in [1.54, 1.807) is 20.8 Å². The summed E-state index contributed by atoms with van der Waals surface area (Å²) in [4.78, 5) is 32.5. The fourth-order valence-corrected chi connectivity index (χ4v) is 1.49. The smallest absolute Gasteiger partial charge is 0.411 e. The van der Waals surface area contributed by atoms with Crippen LogP contribution in [0.2, 0.25) is 0 Å². The van der Waals surface area contributed by atoms with Gasteiger partial charge in [0.2, 0.25) is 0 Å². The van der Waals surface area contributed by atoms with Crippen LogP contribution in [-0.2, 0) is 15.1 Å². The summed E-state index contributed by atoms with van der Waals surface area (Å²) in [5.41, 5.74) is -2.22. The van der Waals surface area contributed by atoms with Crippen LogP contribution in [-0.4, -0.2) is 44.7 Å². The number of aromatic nitrogens is 2. The molecule has 0 fully saturated rings. The van der Waals surface area contributed by atoms with Crippen molar-refractivity contribution in [1.29, 1.82) is 0 Å². The SMILES string of the molecule is CN(C(=O)OC(C)(C)C)C(C)(C(=O)O)c1cnccn1. The number of ether oxygens (including phenoxy) is 1. The Morgan fingerprint density at radius 3 is 2.25 bits per heavy atom. The van der Waals surface area contributed by atoms with Crippen LogP contribution < -0.4 is 0 Å². The van der Waals surface area contributed by atoms with E-state index >= 15 is 0 Å². The Morgan fingerprint density at radius 2 is 1.85 bits per heavy atom. The molecule has 0 aliphatic heterocycles. The second-order valence-corrected chi connectivity index (χ2v) is 5.51. The van der Waals surface area contributed by atoms with Crippen molar-refractivity contribution in [3.63, 3.8) is 0 Å². The van der Waals surface area contributed by atoms with E-state index < -0.39 is 23.2 Å². The van der Waals surface area contributed by atoms with Gasteiger partial charge in [-0.25, -0.2) is 9.59 Å². The summed E-state index contributed by atoms with van der Waals surface area (Å²) in [6.07, 6.45) is 3.38. The second kappa shape index (κ2) is 5.44. The Bertz CT molecular complexity index is 498. The Kier molecular flexibility index (Phi) is 4.32. The van der Waals surface area contributed by atoms with E-state index in [0.717, 1.165) is 4.90 Å². The molecule has 7 heteroatoms. The van der Waals surface area contributed by atoms with Gasteiger partial charge < -0.3 is 9.84 Å². The number of aliphatic carboxylic acids is 1. The van der Waals surface area contributed by atoms with Crippen molar-refractivity contribution in [3.8, 4) is 0 Å². The van der Waals surface area contributed by atoms with Crippen LogP contribution in [0.25, 0.3) is 0 Å². The summed E-state index contributed by atoms with van der Waals surface area (Å²) in [7, 11) is 1.36. The zero-order valence-corrected chi connectivity index (χ0v) is 12.2. The van der Waals surface area contributed by atoms with Crippen molar-refractivity contribution in [3.05, 3.63) is 24.3 Å². The van der Waals surface area contributed by atoms with E-state index in [4.69, 9.17) is 4.74 Å². The first-order valence-corrected chi connectivity index (χ1v) is 6.05. The van der Waals surface area contributed by atoms with E-state index in [-0.39, 0.29) is 5.69 Å². The molecule has 110 valence electrons. The zero-order chi connectivity index (χ0) is 15.6. The zero-order valence-electron chi connectivity index (χ0n) is 12.2. The topological polar surface area (TPSA) is 92.6 Å². The molecular weight excluding hydrogens is 262 g/mol. The predicted molar refractivity (Wildman–Crippen MR) is 71.0 cm³/mol. The largest absolute Gasteiger partial charge is 0.479 e. The lowest BCUT2D eigenvalue weighted by molar-refractivity contribution is -0.150. The number of rotatable bonds is 3. The molecule has 0 aliphatic carbocycles. The van der Waals surface area contributed by atoms with E-state index in [2.05, 4.69) is 9.97 Å². The number of amides is 1.